The van der Waals surface area contributed by atoms with Crippen molar-refractivity contribution in [2.75, 3.05) is 63.6 Å². The zero-order valence-corrected chi connectivity index (χ0v) is 31.8. The second-order valence-corrected chi connectivity index (χ2v) is 15.6. The van der Waals surface area contributed by atoms with Crippen LogP contribution in [-0.4, -0.2) is 74.9 Å². The summed E-state index contributed by atoms with van der Waals surface area (Å²) in [5, 5.41) is 2.99. The smallest absolute Gasteiger partial charge is 0.411 e. The molecule has 2 heterocycles. The fourth-order valence-corrected chi connectivity index (χ4v) is 8.14. The normalized spacial score (nSPS) is 15.1. The van der Waals surface area contributed by atoms with Gasteiger partial charge in [-0.25, -0.2) is 4.79 Å². The van der Waals surface area contributed by atoms with E-state index in [1.54, 1.807) is 0 Å². The molecule has 0 radical (unpaired) electrons. The van der Waals surface area contributed by atoms with E-state index in [-0.39, 0.29) is 12.2 Å². The highest BCUT2D eigenvalue weighted by molar-refractivity contribution is 5.91. The van der Waals surface area contributed by atoms with E-state index in [9.17, 15) is 4.79 Å². The van der Waals surface area contributed by atoms with Crippen molar-refractivity contribution in [3.8, 4) is 11.1 Å². The van der Waals surface area contributed by atoms with Crippen LogP contribution in [0.2, 0.25) is 0 Å². The summed E-state index contributed by atoms with van der Waals surface area (Å²) in [6.45, 7) is 6.71. The Morgan fingerprint density at radius 2 is 1.21 bits per heavy atom. The molecule has 6 nitrogen and oxygen atoms in total. The number of aryl methyl sites for hydroxylation is 2. The Bertz CT molecular complexity index is 1630. The number of nitrogens with zero attached hydrogens (tertiary/aromatic N) is 3. The quantitative estimate of drug-likeness (QED) is 0.0879. The van der Waals surface area contributed by atoms with Gasteiger partial charge in [-0.3, -0.25) is 5.32 Å². The van der Waals surface area contributed by atoms with E-state index in [1.807, 2.05) is 42.5 Å². The van der Waals surface area contributed by atoms with Crippen LogP contribution in [0, 0.1) is 0 Å². The summed E-state index contributed by atoms with van der Waals surface area (Å²) in [5.41, 5.74) is 8.61. The van der Waals surface area contributed by atoms with Gasteiger partial charge in [0, 0.05) is 43.0 Å². The number of piperidine rings is 1. The number of unbranched alkanes of at least 4 members (excludes halogenated alkanes) is 6. The van der Waals surface area contributed by atoms with Crippen molar-refractivity contribution in [3.05, 3.63) is 114 Å². The van der Waals surface area contributed by atoms with E-state index in [0.29, 0.717) is 0 Å². The molecule has 0 aromatic heterocycles. The first-order valence-corrected chi connectivity index (χ1v) is 20.0. The number of nitrogens with one attached hydrogen (secondary N) is 1. The number of amides is 1. The lowest BCUT2D eigenvalue weighted by molar-refractivity contribution is -0.890. The first-order valence-electron chi connectivity index (χ1n) is 20.0. The molecule has 4 aromatic carbocycles. The van der Waals surface area contributed by atoms with E-state index < -0.39 is 0 Å². The van der Waals surface area contributed by atoms with Crippen LogP contribution in [0.25, 0.3) is 11.1 Å². The molecule has 1 saturated heterocycles. The highest BCUT2D eigenvalue weighted by Gasteiger charge is 2.24. The van der Waals surface area contributed by atoms with Gasteiger partial charge in [0.25, 0.3) is 0 Å². The van der Waals surface area contributed by atoms with Crippen LogP contribution in [-0.2, 0) is 17.6 Å². The Labute approximate surface area is 313 Å². The molecule has 0 spiro atoms. The predicted molar refractivity (Wildman–Crippen MR) is 218 cm³/mol. The average molecular weight is 702 g/mol. The molecule has 1 N–H and O–H groups in total. The number of carbonyl (C=O) groups is 1. The minimum Gasteiger partial charge on any atom is -0.446 e. The lowest BCUT2D eigenvalue weighted by atomic mass is 10.0. The number of ether oxygens (including phenoxy) is 1. The van der Waals surface area contributed by atoms with Gasteiger partial charge in [-0.15, -0.1) is 0 Å². The van der Waals surface area contributed by atoms with Crippen LogP contribution in [0.15, 0.2) is 103 Å². The molecule has 276 valence electrons. The molecule has 0 atom stereocenters. The van der Waals surface area contributed by atoms with Crippen LogP contribution in [0.5, 0.6) is 0 Å². The van der Waals surface area contributed by atoms with Gasteiger partial charge in [0.2, 0.25) is 0 Å². The monoisotopic (exact) mass is 701 g/mol. The van der Waals surface area contributed by atoms with Gasteiger partial charge in [-0.05, 0) is 86.4 Å². The maximum Gasteiger partial charge on any atom is 0.411 e. The Balaban J connectivity index is 0.796. The number of para-hydroxylation sites is 3. The number of anilines is 3. The van der Waals surface area contributed by atoms with Crippen molar-refractivity contribution in [2.24, 2.45) is 0 Å². The summed E-state index contributed by atoms with van der Waals surface area (Å²) in [4.78, 5) is 17.9. The third-order valence-electron chi connectivity index (χ3n) is 11.2. The zero-order valence-electron chi connectivity index (χ0n) is 31.8. The van der Waals surface area contributed by atoms with E-state index in [0.717, 1.165) is 73.2 Å². The van der Waals surface area contributed by atoms with E-state index in [4.69, 9.17) is 4.74 Å². The van der Waals surface area contributed by atoms with Gasteiger partial charge >= 0.3 is 6.09 Å². The van der Waals surface area contributed by atoms with Gasteiger partial charge < -0.3 is 19.0 Å². The number of hydrogen-bond acceptors (Lipinski definition) is 4. The van der Waals surface area contributed by atoms with Crippen molar-refractivity contribution in [1.29, 1.82) is 0 Å². The molecule has 0 saturated carbocycles. The summed E-state index contributed by atoms with van der Waals surface area (Å²) < 4.78 is 6.94. The lowest BCUT2D eigenvalue weighted by Gasteiger charge is -2.32. The van der Waals surface area contributed by atoms with Gasteiger partial charge in [0.05, 0.1) is 32.9 Å². The van der Waals surface area contributed by atoms with Crippen LogP contribution < -0.4 is 10.2 Å². The van der Waals surface area contributed by atoms with Crippen molar-refractivity contribution >= 4 is 23.2 Å². The second kappa shape index (κ2) is 19.1. The number of carbonyl (C=O) groups excluding carboxylic acids is 1. The average Bonchev–Trinajstić information content (AvgIpc) is 3.32. The van der Waals surface area contributed by atoms with Crippen LogP contribution >= 0.6 is 0 Å². The maximum absolute atomic E-state index is 12.8. The van der Waals surface area contributed by atoms with Crippen LogP contribution in [0.1, 0.15) is 75.3 Å². The summed E-state index contributed by atoms with van der Waals surface area (Å²) in [5.74, 6) is 0. The fourth-order valence-electron chi connectivity index (χ4n) is 8.14. The molecule has 0 bridgehead atoms. The number of benzene rings is 4. The summed E-state index contributed by atoms with van der Waals surface area (Å²) in [6, 6.07) is 36.1. The number of hydrogen-bond donors (Lipinski definition) is 1. The van der Waals surface area contributed by atoms with Gasteiger partial charge in [0.1, 0.15) is 6.10 Å². The minimum atomic E-state index is -0.356. The number of likely N-dealkylation sites (tertiary alicyclic amines) is 1. The number of fused-ring (bicyclic) bond motifs is 2. The van der Waals surface area contributed by atoms with Crippen molar-refractivity contribution in [3.63, 3.8) is 0 Å². The molecular formula is C46H61N4O2+. The Morgan fingerprint density at radius 3 is 1.90 bits per heavy atom. The molecule has 6 heteroatoms. The largest absolute Gasteiger partial charge is 0.446 e. The van der Waals surface area contributed by atoms with E-state index in [2.05, 4.69) is 89.9 Å². The topological polar surface area (TPSA) is 44.8 Å². The standard InChI is InChI=1S/C46H60N4O2/c1-50(2,37-19-33-49-44-26-15-11-22-39(44)28-29-40-23-12-16-27-45(40)49)36-18-7-5-3-4-6-17-32-48-34-30-41(31-35-48)52-46(51)47-43-25-14-13-24-42(43)38-20-9-8-10-21-38/h8-16,20-27,41H,3-7,17-19,28-37H2,1-2H3/p+1. The van der Waals surface area contributed by atoms with Crippen molar-refractivity contribution in [2.45, 2.75) is 83.2 Å². The molecule has 52 heavy (non-hydrogen) atoms. The third kappa shape index (κ3) is 10.9. The van der Waals surface area contributed by atoms with Gasteiger partial charge in [-0.2, -0.15) is 0 Å². The molecule has 0 aliphatic carbocycles. The lowest BCUT2D eigenvalue weighted by Crippen LogP contribution is -2.42. The third-order valence-corrected chi connectivity index (χ3v) is 11.2. The second-order valence-electron chi connectivity index (χ2n) is 15.6. The van der Waals surface area contributed by atoms with Gasteiger partial charge in [0.15, 0.2) is 0 Å². The molecule has 0 unspecified atom stereocenters. The SMILES string of the molecule is C[N+](C)(CCCCCCCCCN1CCC(OC(=O)Nc2ccccc2-c2ccccc2)CC1)CCCN1c2ccccc2CCc2ccccc21. The molecule has 6 rings (SSSR count). The summed E-state index contributed by atoms with van der Waals surface area (Å²) >= 11 is 0. The first kappa shape index (κ1) is 37.6. The maximum atomic E-state index is 12.8. The zero-order chi connectivity index (χ0) is 36.0. The fraction of sp³-hybridized carbons (Fsp3) is 0.457. The molecule has 1 amide bonds. The number of rotatable bonds is 17. The van der Waals surface area contributed by atoms with Crippen molar-refractivity contribution in [1.82, 2.24) is 4.90 Å². The van der Waals surface area contributed by atoms with E-state index >= 15 is 0 Å². The molecular weight excluding hydrogens is 641 g/mol. The molecule has 4 aromatic rings. The summed E-state index contributed by atoms with van der Waals surface area (Å²) in [6.07, 6.45) is 14.1. The van der Waals surface area contributed by atoms with Gasteiger partial charge in [-0.1, -0.05) is 111 Å². The highest BCUT2D eigenvalue weighted by atomic mass is 16.6. The Kier molecular flexibility index (Phi) is 13.8. The highest BCUT2D eigenvalue weighted by Crippen LogP contribution is 2.36. The predicted octanol–water partition coefficient (Wildman–Crippen LogP) is 10.5. The van der Waals surface area contributed by atoms with Crippen LogP contribution in [0.3, 0.4) is 0 Å². The number of quaternary nitrogens is 1. The molecule has 1 fully saturated rings. The Morgan fingerprint density at radius 1 is 0.654 bits per heavy atom. The van der Waals surface area contributed by atoms with Crippen LogP contribution in [0.4, 0.5) is 21.9 Å². The Hall–Kier alpha value is -4.13. The molecule has 2 aliphatic rings. The van der Waals surface area contributed by atoms with E-state index in [1.165, 1.54) is 87.0 Å². The molecule has 2 aliphatic heterocycles. The summed E-state index contributed by atoms with van der Waals surface area (Å²) in [7, 11) is 4.83. The first-order chi connectivity index (χ1) is 25.4. The van der Waals surface area contributed by atoms with Crippen molar-refractivity contribution < 1.29 is 14.0 Å². The minimum absolute atomic E-state index is 0.0157.